The van der Waals surface area contributed by atoms with Crippen molar-refractivity contribution in [2.24, 2.45) is 0 Å². The van der Waals surface area contributed by atoms with Crippen LogP contribution in [-0.4, -0.2) is 27.3 Å². The largest absolute Gasteiger partial charge is 0.490 e. The molecule has 0 radical (unpaired) electrons. The quantitative estimate of drug-likeness (QED) is 0.372. The first-order valence-electron chi connectivity index (χ1n) is 9.61. The van der Waals surface area contributed by atoms with Gasteiger partial charge in [0.05, 0.1) is 11.5 Å². The molecule has 1 amide bonds. The first-order chi connectivity index (χ1) is 14.2. The van der Waals surface area contributed by atoms with Crippen molar-refractivity contribution in [3.8, 4) is 11.5 Å². The Bertz CT molecular complexity index is 981. The van der Waals surface area contributed by atoms with Crippen LogP contribution < -0.4 is 9.47 Å². The minimum absolute atomic E-state index is 0.0708. The van der Waals surface area contributed by atoms with Gasteiger partial charge in [-0.15, -0.1) is 0 Å². The second kappa shape index (κ2) is 9.41. The molecule has 1 aliphatic rings. The number of benzene rings is 2. The molecule has 1 heterocycles. The Morgan fingerprint density at radius 2 is 1.80 bits per heavy atom. The number of hydrogen-bond donors (Lipinski definition) is 0. The summed E-state index contributed by atoms with van der Waals surface area (Å²) in [4.78, 5) is 15.1. The van der Waals surface area contributed by atoms with Gasteiger partial charge in [-0.05, 0) is 69.2 Å². The van der Waals surface area contributed by atoms with Gasteiger partial charge in [0.15, 0.2) is 11.5 Å². The summed E-state index contributed by atoms with van der Waals surface area (Å²) < 4.78 is 12.3. The second-order valence-corrected chi connectivity index (χ2v) is 9.85. The predicted molar refractivity (Wildman–Crippen MR) is 128 cm³/mol. The number of halogens is 1. The predicted octanol–water partition coefficient (Wildman–Crippen LogP) is 6.32. The van der Waals surface area contributed by atoms with Gasteiger partial charge < -0.3 is 9.47 Å². The monoisotopic (exact) mass is 461 g/mol. The molecule has 0 bridgehead atoms. The number of carbonyl (C=O) groups excluding carboxylic acids is 1. The van der Waals surface area contributed by atoms with Gasteiger partial charge in [0.25, 0.3) is 5.91 Å². The zero-order valence-corrected chi connectivity index (χ0v) is 19.8. The molecule has 0 aromatic heterocycles. The number of hydrogen-bond acceptors (Lipinski definition) is 5. The van der Waals surface area contributed by atoms with Crippen molar-refractivity contribution in [1.82, 2.24) is 4.90 Å². The summed E-state index contributed by atoms with van der Waals surface area (Å²) in [7, 11) is 0. The van der Waals surface area contributed by atoms with Crippen LogP contribution in [0.2, 0.25) is 5.02 Å². The van der Waals surface area contributed by atoms with E-state index in [1.54, 1.807) is 4.90 Å². The fraction of sp³-hybridized carbons (Fsp3) is 0.304. The molecule has 0 unspecified atom stereocenters. The van der Waals surface area contributed by atoms with Crippen molar-refractivity contribution in [3.05, 3.63) is 63.5 Å². The fourth-order valence-corrected chi connectivity index (χ4v) is 4.70. The number of rotatable bonds is 6. The molecular weight excluding hydrogens is 438 g/mol. The molecule has 1 aliphatic heterocycles. The molecule has 0 aliphatic carbocycles. The van der Waals surface area contributed by atoms with E-state index in [1.165, 1.54) is 11.8 Å². The van der Waals surface area contributed by atoms with Crippen LogP contribution in [0.3, 0.4) is 0 Å². The maximum Gasteiger partial charge on any atom is 0.266 e. The Morgan fingerprint density at radius 3 is 2.40 bits per heavy atom. The summed E-state index contributed by atoms with van der Waals surface area (Å²) in [6.07, 6.45) is 1.84. The van der Waals surface area contributed by atoms with Gasteiger partial charge in [-0.2, -0.15) is 0 Å². The Kier molecular flexibility index (Phi) is 7.11. The van der Waals surface area contributed by atoms with Gasteiger partial charge in [0, 0.05) is 10.6 Å². The van der Waals surface area contributed by atoms with Gasteiger partial charge >= 0.3 is 0 Å². The van der Waals surface area contributed by atoms with E-state index in [-0.39, 0.29) is 11.4 Å². The van der Waals surface area contributed by atoms with E-state index in [2.05, 4.69) is 0 Å². The van der Waals surface area contributed by atoms with Crippen LogP contribution in [0.25, 0.3) is 6.08 Å². The normalized spacial score (nSPS) is 15.8. The highest BCUT2D eigenvalue weighted by Gasteiger charge is 2.39. The number of amides is 1. The van der Waals surface area contributed by atoms with Crippen molar-refractivity contribution in [2.75, 3.05) is 6.61 Å². The van der Waals surface area contributed by atoms with E-state index < -0.39 is 0 Å². The Hall–Kier alpha value is -2.02. The van der Waals surface area contributed by atoms with E-state index in [9.17, 15) is 4.79 Å². The number of nitrogens with zero attached hydrogens (tertiary/aromatic N) is 1. The highest BCUT2D eigenvalue weighted by atomic mass is 35.5. The van der Waals surface area contributed by atoms with Gasteiger partial charge in [-0.25, -0.2) is 0 Å². The highest BCUT2D eigenvalue weighted by Crippen LogP contribution is 2.38. The van der Waals surface area contributed by atoms with Crippen molar-refractivity contribution in [1.29, 1.82) is 0 Å². The molecule has 0 saturated carbocycles. The minimum Gasteiger partial charge on any atom is -0.490 e. The first-order valence-corrected chi connectivity index (χ1v) is 11.2. The van der Waals surface area contributed by atoms with E-state index >= 15 is 0 Å². The van der Waals surface area contributed by atoms with Crippen molar-refractivity contribution in [2.45, 2.75) is 39.8 Å². The lowest BCUT2D eigenvalue weighted by Crippen LogP contribution is -2.44. The molecule has 4 nitrogen and oxygen atoms in total. The third-order valence-corrected chi connectivity index (χ3v) is 5.89. The molecule has 0 N–H and O–H groups in total. The summed E-state index contributed by atoms with van der Waals surface area (Å²) in [5.41, 5.74) is 1.51. The maximum absolute atomic E-state index is 12.8. The lowest BCUT2D eigenvalue weighted by Gasteiger charge is -2.30. The SMILES string of the molecule is CCOc1cc(C=C2SC(=S)N(C(C)(C)C)C2=O)ccc1OCc1ccc(Cl)cc1. The van der Waals surface area contributed by atoms with Gasteiger partial charge in [0.2, 0.25) is 0 Å². The van der Waals surface area contributed by atoms with Gasteiger partial charge in [-0.3, -0.25) is 9.69 Å². The summed E-state index contributed by atoms with van der Waals surface area (Å²) in [5.74, 6) is 1.20. The topological polar surface area (TPSA) is 38.8 Å². The summed E-state index contributed by atoms with van der Waals surface area (Å²) in [5, 5.41) is 0.690. The van der Waals surface area contributed by atoms with Gasteiger partial charge in [0.1, 0.15) is 10.9 Å². The van der Waals surface area contributed by atoms with Crippen LogP contribution in [0.4, 0.5) is 0 Å². The molecule has 0 spiro atoms. The number of ether oxygens (including phenoxy) is 2. The Morgan fingerprint density at radius 1 is 1.10 bits per heavy atom. The zero-order chi connectivity index (χ0) is 21.9. The highest BCUT2D eigenvalue weighted by molar-refractivity contribution is 8.26. The van der Waals surface area contributed by atoms with E-state index in [0.29, 0.717) is 39.0 Å². The van der Waals surface area contributed by atoms with Crippen molar-refractivity contribution < 1.29 is 14.3 Å². The Labute approximate surface area is 192 Å². The van der Waals surface area contributed by atoms with Crippen LogP contribution in [0.5, 0.6) is 11.5 Å². The standard InChI is InChI=1S/C23H24ClNO3S2/c1-5-27-19-12-16(13-20-21(26)25(22(29)30-20)23(2,3)4)8-11-18(19)28-14-15-6-9-17(24)10-7-15/h6-13H,5,14H2,1-4H3. The van der Waals surface area contributed by atoms with Gasteiger partial charge in [-0.1, -0.05) is 53.8 Å². The molecule has 2 aromatic carbocycles. The van der Waals surface area contributed by atoms with Crippen LogP contribution in [0, 0.1) is 0 Å². The maximum atomic E-state index is 12.8. The average molecular weight is 462 g/mol. The summed E-state index contributed by atoms with van der Waals surface area (Å²) >= 11 is 12.7. The third-order valence-electron chi connectivity index (χ3n) is 4.34. The number of thioether (sulfide) groups is 1. The Balaban J connectivity index is 1.81. The van der Waals surface area contributed by atoms with Crippen molar-refractivity contribution >= 4 is 51.9 Å². The number of carbonyl (C=O) groups is 1. The summed E-state index contributed by atoms with van der Waals surface area (Å²) in [6, 6.07) is 13.2. The molecule has 1 saturated heterocycles. The lowest BCUT2D eigenvalue weighted by molar-refractivity contribution is -0.125. The molecule has 3 rings (SSSR count). The molecule has 7 heteroatoms. The molecule has 158 valence electrons. The molecule has 2 aromatic rings. The van der Waals surface area contributed by atoms with E-state index in [4.69, 9.17) is 33.3 Å². The molecule has 1 fully saturated rings. The van der Waals surface area contributed by atoms with E-state index in [0.717, 1.165) is 11.1 Å². The minimum atomic E-state index is -0.355. The zero-order valence-electron chi connectivity index (χ0n) is 17.4. The average Bonchev–Trinajstić information content (AvgIpc) is 2.96. The summed E-state index contributed by atoms with van der Waals surface area (Å²) in [6.45, 7) is 8.75. The number of thiocarbonyl (C=S) groups is 1. The first kappa shape index (κ1) is 22.7. The second-order valence-electron chi connectivity index (χ2n) is 7.74. The lowest BCUT2D eigenvalue weighted by atomic mass is 10.1. The third kappa shape index (κ3) is 5.36. The van der Waals surface area contributed by atoms with E-state index in [1.807, 2.05) is 76.2 Å². The van der Waals surface area contributed by atoms with Crippen LogP contribution in [0.1, 0.15) is 38.8 Å². The molecular formula is C23H24ClNO3S2. The van der Waals surface area contributed by atoms with Crippen LogP contribution >= 0.6 is 35.6 Å². The van der Waals surface area contributed by atoms with Crippen LogP contribution in [0.15, 0.2) is 47.4 Å². The van der Waals surface area contributed by atoms with Crippen molar-refractivity contribution in [3.63, 3.8) is 0 Å². The van der Waals surface area contributed by atoms with Crippen LogP contribution in [-0.2, 0) is 11.4 Å². The fourth-order valence-electron chi connectivity index (χ4n) is 2.94. The molecule has 0 atom stereocenters. The molecule has 30 heavy (non-hydrogen) atoms. The smallest absolute Gasteiger partial charge is 0.266 e.